The van der Waals surface area contributed by atoms with Gasteiger partial charge in [0.05, 0.1) is 17.6 Å². The van der Waals surface area contributed by atoms with Gasteiger partial charge in [0, 0.05) is 6.20 Å². The summed E-state index contributed by atoms with van der Waals surface area (Å²) in [5, 5.41) is 0. The molecule has 0 atom stereocenters. The number of aromatic nitrogens is 4. The van der Waals surface area contributed by atoms with Gasteiger partial charge in [-0.3, -0.25) is 9.38 Å². The van der Waals surface area contributed by atoms with E-state index in [9.17, 15) is 13.2 Å². The lowest BCUT2D eigenvalue weighted by Crippen LogP contribution is -2.12. The van der Waals surface area contributed by atoms with E-state index in [1.54, 1.807) is 18.2 Å². The smallest absolute Gasteiger partial charge is 0.279 e. The van der Waals surface area contributed by atoms with Crippen LogP contribution in [0.1, 0.15) is 5.69 Å². The SMILES string of the molecule is FC(F)(F)c1cc(-c2ccccn2)nc2cncn12. The van der Waals surface area contributed by atoms with E-state index in [4.69, 9.17) is 0 Å². The zero-order valence-corrected chi connectivity index (χ0v) is 9.46. The van der Waals surface area contributed by atoms with Crippen LogP contribution < -0.4 is 0 Å². The normalized spacial score (nSPS) is 11.9. The summed E-state index contributed by atoms with van der Waals surface area (Å²) in [7, 11) is 0. The molecule has 0 saturated heterocycles. The number of alkyl halides is 3. The highest BCUT2D eigenvalue weighted by molar-refractivity contribution is 5.58. The number of hydrogen-bond acceptors (Lipinski definition) is 3. The summed E-state index contributed by atoms with van der Waals surface area (Å²) < 4.78 is 39.9. The molecule has 0 spiro atoms. The van der Waals surface area contributed by atoms with Gasteiger partial charge in [-0.15, -0.1) is 0 Å². The monoisotopic (exact) mass is 264 g/mol. The molecule has 3 aromatic heterocycles. The summed E-state index contributed by atoms with van der Waals surface area (Å²) in [4.78, 5) is 11.8. The van der Waals surface area contributed by atoms with E-state index in [2.05, 4.69) is 15.0 Å². The molecule has 19 heavy (non-hydrogen) atoms. The zero-order chi connectivity index (χ0) is 13.5. The molecular formula is C12H7F3N4. The molecule has 0 bridgehead atoms. The largest absolute Gasteiger partial charge is 0.431 e. The summed E-state index contributed by atoms with van der Waals surface area (Å²) in [6.45, 7) is 0. The third-order valence-electron chi connectivity index (χ3n) is 2.60. The van der Waals surface area contributed by atoms with E-state index in [0.717, 1.165) is 16.8 Å². The van der Waals surface area contributed by atoms with Crippen LogP contribution in [0, 0.1) is 0 Å². The number of fused-ring (bicyclic) bond motifs is 1. The average Bonchev–Trinajstić information content (AvgIpc) is 2.85. The predicted molar refractivity (Wildman–Crippen MR) is 61.2 cm³/mol. The number of hydrogen-bond donors (Lipinski definition) is 0. The lowest BCUT2D eigenvalue weighted by Gasteiger charge is -2.11. The minimum atomic E-state index is -4.48. The Morgan fingerprint density at radius 1 is 1.11 bits per heavy atom. The average molecular weight is 264 g/mol. The first-order valence-electron chi connectivity index (χ1n) is 5.37. The van der Waals surface area contributed by atoms with Gasteiger partial charge >= 0.3 is 6.18 Å². The van der Waals surface area contributed by atoms with Crippen LogP contribution in [0.15, 0.2) is 43.0 Å². The fourth-order valence-corrected chi connectivity index (χ4v) is 1.77. The van der Waals surface area contributed by atoms with Gasteiger partial charge in [-0.2, -0.15) is 13.2 Å². The fraction of sp³-hybridized carbons (Fsp3) is 0.0833. The van der Waals surface area contributed by atoms with Crippen molar-refractivity contribution in [2.45, 2.75) is 6.18 Å². The number of nitrogens with zero attached hydrogens (tertiary/aromatic N) is 4. The highest BCUT2D eigenvalue weighted by Gasteiger charge is 2.34. The number of pyridine rings is 1. The number of imidazole rings is 1. The van der Waals surface area contributed by atoms with Gasteiger partial charge in [0.25, 0.3) is 0 Å². The van der Waals surface area contributed by atoms with Crippen LogP contribution in [0.5, 0.6) is 0 Å². The molecule has 0 amide bonds. The molecule has 3 aromatic rings. The van der Waals surface area contributed by atoms with Crippen LogP contribution in [0.3, 0.4) is 0 Å². The van der Waals surface area contributed by atoms with Crippen LogP contribution in [-0.2, 0) is 6.18 Å². The van der Waals surface area contributed by atoms with Crippen molar-refractivity contribution in [2.24, 2.45) is 0 Å². The molecule has 0 N–H and O–H groups in total. The first kappa shape index (κ1) is 11.6. The highest BCUT2D eigenvalue weighted by atomic mass is 19.4. The van der Waals surface area contributed by atoms with Gasteiger partial charge in [0.15, 0.2) is 5.65 Å². The fourth-order valence-electron chi connectivity index (χ4n) is 1.77. The molecule has 4 nitrogen and oxygen atoms in total. The van der Waals surface area contributed by atoms with Gasteiger partial charge in [0.1, 0.15) is 12.0 Å². The Bertz CT molecular complexity index is 719. The second-order valence-corrected chi connectivity index (χ2v) is 3.86. The van der Waals surface area contributed by atoms with Gasteiger partial charge in [-0.25, -0.2) is 9.97 Å². The van der Waals surface area contributed by atoms with Gasteiger partial charge in [0.2, 0.25) is 0 Å². The summed E-state index contributed by atoms with van der Waals surface area (Å²) in [5.41, 5.74) is -0.135. The van der Waals surface area contributed by atoms with E-state index in [-0.39, 0.29) is 11.3 Å². The zero-order valence-electron chi connectivity index (χ0n) is 9.46. The Morgan fingerprint density at radius 2 is 1.95 bits per heavy atom. The van der Waals surface area contributed by atoms with E-state index in [0.29, 0.717) is 5.69 Å². The van der Waals surface area contributed by atoms with E-state index in [1.807, 2.05) is 0 Å². The summed E-state index contributed by atoms with van der Waals surface area (Å²) in [5.74, 6) is 0. The van der Waals surface area contributed by atoms with Crippen molar-refractivity contribution in [1.82, 2.24) is 19.4 Å². The number of rotatable bonds is 1. The molecule has 0 fully saturated rings. The van der Waals surface area contributed by atoms with E-state index in [1.165, 1.54) is 12.4 Å². The molecule has 0 aromatic carbocycles. The summed E-state index contributed by atoms with van der Waals surface area (Å²) in [6, 6.07) is 5.95. The maximum absolute atomic E-state index is 13.0. The minimum Gasteiger partial charge on any atom is -0.279 e. The van der Waals surface area contributed by atoms with E-state index < -0.39 is 11.9 Å². The molecule has 0 aliphatic rings. The molecule has 0 saturated carbocycles. The van der Waals surface area contributed by atoms with Crippen molar-refractivity contribution in [2.75, 3.05) is 0 Å². The van der Waals surface area contributed by atoms with Crippen LogP contribution in [0.4, 0.5) is 13.2 Å². The highest BCUT2D eigenvalue weighted by Crippen LogP contribution is 2.31. The van der Waals surface area contributed by atoms with Gasteiger partial charge in [-0.1, -0.05) is 6.07 Å². The Kier molecular flexibility index (Phi) is 2.48. The predicted octanol–water partition coefficient (Wildman–Crippen LogP) is 2.81. The lowest BCUT2D eigenvalue weighted by atomic mass is 10.2. The quantitative estimate of drug-likeness (QED) is 0.678. The Balaban J connectivity index is 2.28. The van der Waals surface area contributed by atoms with Crippen molar-refractivity contribution in [3.63, 3.8) is 0 Å². The molecular weight excluding hydrogens is 257 g/mol. The van der Waals surface area contributed by atoms with Crippen molar-refractivity contribution in [1.29, 1.82) is 0 Å². The van der Waals surface area contributed by atoms with Crippen molar-refractivity contribution >= 4 is 5.65 Å². The third kappa shape index (κ3) is 2.03. The molecule has 3 rings (SSSR count). The first-order valence-corrected chi connectivity index (χ1v) is 5.37. The summed E-state index contributed by atoms with van der Waals surface area (Å²) >= 11 is 0. The Labute approximate surface area is 105 Å². The van der Waals surface area contributed by atoms with E-state index >= 15 is 0 Å². The van der Waals surface area contributed by atoms with Gasteiger partial charge < -0.3 is 0 Å². The second-order valence-electron chi connectivity index (χ2n) is 3.86. The molecule has 0 aliphatic carbocycles. The Morgan fingerprint density at radius 3 is 2.63 bits per heavy atom. The standard InChI is InChI=1S/C12H7F3N4/c13-12(14,15)10-5-9(8-3-1-2-4-17-8)18-11-6-16-7-19(10)11/h1-7H. The Hall–Kier alpha value is -2.44. The first-order chi connectivity index (χ1) is 9.05. The molecule has 3 heterocycles. The summed E-state index contributed by atoms with van der Waals surface area (Å²) in [6.07, 6.45) is -0.606. The molecule has 0 radical (unpaired) electrons. The molecule has 0 aliphatic heterocycles. The van der Waals surface area contributed by atoms with Crippen LogP contribution >= 0.6 is 0 Å². The maximum atomic E-state index is 13.0. The van der Waals surface area contributed by atoms with Crippen molar-refractivity contribution < 1.29 is 13.2 Å². The van der Waals surface area contributed by atoms with Crippen molar-refractivity contribution in [3.8, 4) is 11.4 Å². The molecule has 7 heteroatoms. The van der Waals surface area contributed by atoms with Crippen LogP contribution in [-0.4, -0.2) is 19.4 Å². The van der Waals surface area contributed by atoms with Crippen molar-refractivity contribution in [3.05, 3.63) is 48.7 Å². The minimum absolute atomic E-state index is 0.135. The topological polar surface area (TPSA) is 43.1 Å². The second kappa shape index (κ2) is 4.04. The maximum Gasteiger partial charge on any atom is 0.431 e. The van der Waals surface area contributed by atoms with Crippen LogP contribution in [0.25, 0.3) is 17.0 Å². The van der Waals surface area contributed by atoms with Crippen LogP contribution in [0.2, 0.25) is 0 Å². The molecule has 0 unspecified atom stereocenters. The van der Waals surface area contributed by atoms with Gasteiger partial charge in [-0.05, 0) is 18.2 Å². The molecule has 96 valence electrons. The lowest BCUT2D eigenvalue weighted by molar-refractivity contribution is -0.142. The third-order valence-corrected chi connectivity index (χ3v) is 2.60. The number of halogens is 3.